The average molecular weight is 491 g/mol. The maximum Gasteiger partial charge on any atom is 0.338 e. The SMILES string of the molecule is O=C(OCC(=O)N1c2ccccc2CCc2ccccc21)c1cccc(S(=O)(=O)N2CCCC2)c1. The van der Waals surface area contributed by atoms with Gasteiger partial charge in [0.1, 0.15) is 0 Å². The van der Waals surface area contributed by atoms with E-state index in [-0.39, 0.29) is 16.4 Å². The summed E-state index contributed by atoms with van der Waals surface area (Å²) in [5.74, 6) is -1.12. The van der Waals surface area contributed by atoms with Gasteiger partial charge >= 0.3 is 5.97 Å². The van der Waals surface area contributed by atoms with Gasteiger partial charge in [-0.25, -0.2) is 13.2 Å². The first-order chi connectivity index (χ1) is 16.9. The summed E-state index contributed by atoms with van der Waals surface area (Å²) in [6, 6.07) is 21.2. The molecule has 8 heteroatoms. The van der Waals surface area contributed by atoms with Crippen LogP contribution >= 0.6 is 0 Å². The number of ether oxygens (including phenoxy) is 1. The monoisotopic (exact) mass is 490 g/mol. The van der Waals surface area contributed by atoms with Gasteiger partial charge in [-0.05, 0) is 67.1 Å². The minimum atomic E-state index is -3.66. The lowest BCUT2D eigenvalue weighted by molar-refractivity contribution is -0.120. The third-order valence-electron chi connectivity index (χ3n) is 6.48. The molecule has 0 saturated carbocycles. The van der Waals surface area contributed by atoms with Crippen LogP contribution in [0.1, 0.15) is 34.3 Å². The van der Waals surface area contributed by atoms with Crippen LogP contribution in [0.15, 0.2) is 77.7 Å². The summed E-state index contributed by atoms with van der Waals surface area (Å²) in [7, 11) is -3.66. The number of para-hydroxylation sites is 2. The van der Waals surface area contributed by atoms with Gasteiger partial charge in [0.15, 0.2) is 6.61 Å². The van der Waals surface area contributed by atoms with Crippen molar-refractivity contribution in [1.82, 2.24) is 4.31 Å². The summed E-state index contributed by atoms with van der Waals surface area (Å²) in [6.45, 7) is 0.485. The van der Waals surface area contributed by atoms with Gasteiger partial charge in [0.25, 0.3) is 5.91 Å². The molecule has 2 aliphatic rings. The van der Waals surface area contributed by atoms with E-state index >= 15 is 0 Å². The third-order valence-corrected chi connectivity index (χ3v) is 8.37. The number of aryl methyl sites for hydroxylation is 2. The Morgan fingerprint density at radius 1 is 0.800 bits per heavy atom. The van der Waals surface area contributed by atoms with Gasteiger partial charge in [0.05, 0.1) is 21.8 Å². The maximum absolute atomic E-state index is 13.4. The number of nitrogens with zero attached hydrogens (tertiary/aromatic N) is 2. The third kappa shape index (κ3) is 4.59. The lowest BCUT2D eigenvalue weighted by Gasteiger charge is -2.24. The summed E-state index contributed by atoms with van der Waals surface area (Å²) in [5.41, 5.74) is 3.73. The molecule has 1 fully saturated rings. The molecule has 0 unspecified atom stereocenters. The Morgan fingerprint density at radius 3 is 2.03 bits per heavy atom. The molecule has 0 spiro atoms. The quantitative estimate of drug-likeness (QED) is 0.503. The zero-order valence-electron chi connectivity index (χ0n) is 19.2. The van der Waals surface area contributed by atoms with Crippen molar-refractivity contribution in [2.24, 2.45) is 0 Å². The number of hydrogen-bond acceptors (Lipinski definition) is 5. The van der Waals surface area contributed by atoms with Crippen molar-refractivity contribution in [2.45, 2.75) is 30.6 Å². The maximum atomic E-state index is 13.4. The number of esters is 1. The Hall–Kier alpha value is -3.49. The van der Waals surface area contributed by atoms with Gasteiger partial charge < -0.3 is 4.74 Å². The topological polar surface area (TPSA) is 84.0 Å². The van der Waals surface area contributed by atoms with Crippen LogP contribution in [0, 0.1) is 0 Å². The summed E-state index contributed by atoms with van der Waals surface area (Å²) in [6.07, 6.45) is 3.25. The van der Waals surface area contributed by atoms with E-state index in [4.69, 9.17) is 4.74 Å². The van der Waals surface area contributed by atoms with Crippen LogP contribution in [0.5, 0.6) is 0 Å². The molecule has 0 aliphatic carbocycles. The molecule has 2 heterocycles. The van der Waals surface area contributed by atoms with E-state index in [0.717, 1.165) is 48.2 Å². The van der Waals surface area contributed by atoms with Crippen molar-refractivity contribution in [3.05, 3.63) is 89.5 Å². The average Bonchev–Trinajstić information content (AvgIpc) is 3.38. The number of carbonyl (C=O) groups is 2. The van der Waals surface area contributed by atoms with Crippen molar-refractivity contribution in [3.63, 3.8) is 0 Å². The highest BCUT2D eigenvalue weighted by Crippen LogP contribution is 2.36. The number of amides is 1. The molecular weight excluding hydrogens is 464 g/mol. The molecule has 0 radical (unpaired) electrons. The van der Waals surface area contributed by atoms with E-state index in [9.17, 15) is 18.0 Å². The Kier molecular flexibility index (Phi) is 6.40. The first-order valence-corrected chi connectivity index (χ1v) is 13.2. The van der Waals surface area contributed by atoms with Gasteiger partial charge in [0, 0.05) is 13.1 Å². The molecule has 1 amide bonds. The zero-order valence-corrected chi connectivity index (χ0v) is 20.0. The molecule has 0 aromatic heterocycles. The Balaban J connectivity index is 1.36. The smallest absolute Gasteiger partial charge is 0.338 e. The van der Waals surface area contributed by atoms with Crippen LogP contribution in [0.3, 0.4) is 0 Å². The minimum absolute atomic E-state index is 0.0514. The van der Waals surface area contributed by atoms with E-state index in [1.807, 2.05) is 48.5 Å². The second kappa shape index (κ2) is 9.64. The van der Waals surface area contributed by atoms with Crippen molar-refractivity contribution >= 4 is 33.3 Å². The highest BCUT2D eigenvalue weighted by atomic mass is 32.2. The Bertz CT molecular complexity index is 1330. The van der Waals surface area contributed by atoms with Gasteiger partial charge in [-0.3, -0.25) is 9.69 Å². The number of benzene rings is 3. The molecule has 180 valence electrons. The number of hydrogen-bond donors (Lipinski definition) is 0. The van der Waals surface area contributed by atoms with Crippen molar-refractivity contribution < 1.29 is 22.7 Å². The largest absolute Gasteiger partial charge is 0.452 e. The van der Waals surface area contributed by atoms with Crippen LogP contribution in [0.4, 0.5) is 11.4 Å². The van der Waals surface area contributed by atoms with Crippen LogP contribution in [0.2, 0.25) is 0 Å². The van der Waals surface area contributed by atoms with Crippen LogP contribution in [0.25, 0.3) is 0 Å². The molecule has 0 atom stereocenters. The van der Waals surface area contributed by atoms with Crippen molar-refractivity contribution in [1.29, 1.82) is 0 Å². The van der Waals surface area contributed by atoms with Gasteiger partial charge in [-0.15, -0.1) is 0 Å². The van der Waals surface area contributed by atoms with E-state index in [1.54, 1.807) is 4.90 Å². The van der Waals surface area contributed by atoms with E-state index < -0.39 is 22.6 Å². The number of rotatable bonds is 5. The Morgan fingerprint density at radius 2 is 1.40 bits per heavy atom. The Labute approximate surface area is 205 Å². The molecule has 7 nitrogen and oxygen atoms in total. The fourth-order valence-corrected chi connectivity index (χ4v) is 6.25. The molecule has 1 saturated heterocycles. The second-order valence-electron chi connectivity index (χ2n) is 8.70. The van der Waals surface area contributed by atoms with Crippen LogP contribution in [-0.4, -0.2) is 44.3 Å². The second-order valence-corrected chi connectivity index (χ2v) is 10.6. The predicted octanol–water partition coefficient (Wildman–Crippen LogP) is 4.09. The fraction of sp³-hybridized carbons (Fsp3) is 0.259. The molecule has 3 aromatic rings. The van der Waals surface area contributed by atoms with Gasteiger partial charge in [0.2, 0.25) is 10.0 Å². The van der Waals surface area contributed by atoms with Gasteiger partial charge in [-0.2, -0.15) is 4.31 Å². The zero-order chi connectivity index (χ0) is 24.4. The van der Waals surface area contributed by atoms with E-state index in [1.165, 1.54) is 28.6 Å². The standard InChI is InChI=1S/C27H26N2O5S/c30-26(29-24-12-3-1-8-20(24)14-15-21-9-2-4-13-25(21)29)19-34-27(31)22-10-7-11-23(18-22)35(32,33)28-16-5-6-17-28/h1-4,7-13,18H,5-6,14-17,19H2. The lowest BCUT2D eigenvalue weighted by atomic mass is 10.0. The molecular formula is C27H26N2O5S. The fourth-order valence-electron chi connectivity index (χ4n) is 4.68. The minimum Gasteiger partial charge on any atom is -0.452 e. The summed E-state index contributed by atoms with van der Waals surface area (Å²) < 4.78 is 32.5. The number of sulfonamides is 1. The van der Waals surface area contributed by atoms with E-state index in [2.05, 4.69) is 0 Å². The molecule has 2 aliphatic heterocycles. The molecule has 0 N–H and O–H groups in total. The summed E-state index contributed by atoms with van der Waals surface area (Å²) in [5, 5.41) is 0. The lowest BCUT2D eigenvalue weighted by Crippen LogP contribution is -2.31. The molecule has 3 aromatic carbocycles. The van der Waals surface area contributed by atoms with Crippen molar-refractivity contribution in [2.75, 3.05) is 24.6 Å². The molecule has 0 bridgehead atoms. The molecule has 5 rings (SSSR count). The first-order valence-electron chi connectivity index (χ1n) is 11.7. The molecule has 35 heavy (non-hydrogen) atoms. The van der Waals surface area contributed by atoms with E-state index in [0.29, 0.717) is 13.1 Å². The number of carbonyl (C=O) groups excluding carboxylic acids is 2. The number of fused-ring (bicyclic) bond motifs is 2. The van der Waals surface area contributed by atoms with Gasteiger partial charge in [-0.1, -0.05) is 42.5 Å². The highest BCUT2D eigenvalue weighted by molar-refractivity contribution is 7.89. The highest BCUT2D eigenvalue weighted by Gasteiger charge is 2.29. The normalized spacial score (nSPS) is 15.7. The summed E-state index contributed by atoms with van der Waals surface area (Å²) in [4.78, 5) is 27.8. The van der Waals surface area contributed by atoms with Crippen LogP contribution in [-0.2, 0) is 32.4 Å². The van der Waals surface area contributed by atoms with Crippen LogP contribution < -0.4 is 4.90 Å². The number of anilines is 2. The predicted molar refractivity (Wildman–Crippen MR) is 132 cm³/mol. The first kappa shape index (κ1) is 23.3. The summed E-state index contributed by atoms with van der Waals surface area (Å²) >= 11 is 0. The van der Waals surface area contributed by atoms with Crippen molar-refractivity contribution in [3.8, 4) is 0 Å².